The number of hydrogen-bond donors (Lipinski definition) is 1. The first-order valence-corrected chi connectivity index (χ1v) is 8.84. The highest BCUT2D eigenvalue weighted by molar-refractivity contribution is 8.00. The van der Waals surface area contributed by atoms with Gasteiger partial charge in [0.15, 0.2) is 0 Å². The molecule has 1 atom stereocenters. The summed E-state index contributed by atoms with van der Waals surface area (Å²) in [6.07, 6.45) is -4.39. The predicted molar refractivity (Wildman–Crippen MR) is 99.3 cm³/mol. The van der Waals surface area contributed by atoms with E-state index in [0.29, 0.717) is 5.69 Å². The Balaban J connectivity index is 1.65. The monoisotopic (exact) mass is 375 g/mol. The molecule has 26 heavy (non-hydrogen) atoms. The maximum absolute atomic E-state index is 12.6. The van der Waals surface area contributed by atoms with Gasteiger partial charge >= 0.3 is 6.18 Å². The smallest absolute Gasteiger partial charge is 0.325 e. The third-order valence-corrected chi connectivity index (χ3v) is 4.98. The van der Waals surface area contributed by atoms with Crippen LogP contribution in [0.2, 0.25) is 0 Å². The van der Waals surface area contributed by atoms with E-state index in [-0.39, 0.29) is 5.91 Å². The second-order valence-electron chi connectivity index (χ2n) is 5.83. The molecule has 2 nitrogen and oxygen atoms in total. The van der Waals surface area contributed by atoms with E-state index >= 15 is 0 Å². The third-order valence-electron chi connectivity index (χ3n) is 3.88. The van der Waals surface area contributed by atoms with Gasteiger partial charge in [-0.25, -0.2) is 0 Å². The summed E-state index contributed by atoms with van der Waals surface area (Å²) in [4.78, 5) is 13.3. The molecule has 0 aliphatic heterocycles. The number of thioether (sulfide) groups is 1. The Morgan fingerprint density at radius 3 is 2.27 bits per heavy atom. The molecule has 0 bridgehead atoms. The Morgan fingerprint density at radius 1 is 0.962 bits per heavy atom. The number of alkyl halides is 3. The van der Waals surface area contributed by atoms with E-state index in [1.165, 1.54) is 23.9 Å². The molecule has 0 heterocycles. The number of nitrogens with one attached hydrogen (secondary N) is 1. The highest BCUT2D eigenvalue weighted by Crippen LogP contribution is 2.30. The molecule has 0 radical (unpaired) electrons. The topological polar surface area (TPSA) is 29.1 Å². The summed E-state index contributed by atoms with van der Waals surface area (Å²) in [6.45, 7) is 1.76. The van der Waals surface area contributed by atoms with E-state index in [9.17, 15) is 18.0 Å². The first kappa shape index (κ1) is 18.3. The molecule has 6 heteroatoms. The van der Waals surface area contributed by atoms with Crippen molar-refractivity contribution in [3.8, 4) is 0 Å². The van der Waals surface area contributed by atoms with Crippen molar-refractivity contribution in [1.29, 1.82) is 0 Å². The molecular formula is C20H16F3NOS. The highest BCUT2D eigenvalue weighted by atomic mass is 32.2. The fraction of sp³-hybridized carbons (Fsp3) is 0.150. The van der Waals surface area contributed by atoms with Gasteiger partial charge in [0.1, 0.15) is 0 Å². The van der Waals surface area contributed by atoms with E-state index in [1.54, 1.807) is 6.92 Å². The van der Waals surface area contributed by atoms with Crippen molar-refractivity contribution in [3.63, 3.8) is 0 Å². The standard InChI is InChI=1S/C20H16F3NOS/c1-13(26-18-11-6-14-4-2-3-5-15(14)12-18)19(25)24-17-9-7-16(8-10-17)20(21,22)23/h2-13H,1H3,(H,24,25)/t13-/m1/s1. The summed E-state index contributed by atoms with van der Waals surface area (Å²) < 4.78 is 37.7. The van der Waals surface area contributed by atoms with Crippen LogP contribution < -0.4 is 5.32 Å². The van der Waals surface area contributed by atoms with E-state index in [0.717, 1.165) is 27.8 Å². The molecule has 1 amide bonds. The van der Waals surface area contributed by atoms with Gasteiger partial charge < -0.3 is 5.32 Å². The fourth-order valence-corrected chi connectivity index (χ4v) is 3.40. The van der Waals surface area contributed by atoms with Crippen molar-refractivity contribution in [3.05, 3.63) is 72.3 Å². The molecule has 0 aliphatic rings. The second-order valence-corrected chi connectivity index (χ2v) is 7.25. The van der Waals surface area contributed by atoms with Crippen LogP contribution in [-0.4, -0.2) is 11.2 Å². The summed E-state index contributed by atoms with van der Waals surface area (Å²) >= 11 is 1.40. The molecule has 134 valence electrons. The first-order chi connectivity index (χ1) is 12.3. The van der Waals surface area contributed by atoms with Crippen LogP contribution >= 0.6 is 11.8 Å². The van der Waals surface area contributed by atoms with Gasteiger partial charge in [-0.05, 0) is 54.1 Å². The maximum atomic E-state index is 12.6. The Bertz CT molecular complexity index is 922. The fourth-order valence-electron chi connectivity index (χ4n) is 2.48. The van der Waals surface area contributed by atoms with Crippen LogP contribution in [-0.2, 0) is 11.0 Å². The van der Waals surface area contributed by atoms with Crippen molar-refractivity contribution in [2.24, 2.45) is 0 Å². The second kappa shape index (κ2) is 7.41. The SMILES string of the molecule is C[C@@H](Sc1ccc2ccccc2c1)C(=O)Nc1ccc(C(F)(F)F)cc1. The van der Waals surface area contributed by atoms with Crippen LogP contribution in [0.3, 0.4) is 0 Å². The summed E-state index contributed by atoms with van der Waals surface area (Å²) in [7, 11) is 0. The third kappa shape index (κ3) is 4.38. The van der Waals surface area contributed by atoms with Gasteiger partial charge in [0.25, 0.3) is 0 Å². The van der Waals surface area contributed by atoms with Gasteiger partial charge in [-0.15, -0.1) is 11.8 Å². The Kier molecular flexibility index (Phi) is 5.23. The van der Waals surface area contributed by atoms with Gasteiger partial charge in [0.2, 0.25) is 5.91 Å². The van der Waals surface area contributed by atoms with Crippen LogP contribution in [0.5, 0.6) is 0 Å². The van der Waals surface area contributed by atoms with Crippen molar-refractivity contribution in [1.82, 2.24) is 0 Å². The molecule has 0 spiro atoms. The minimum absolute atomic E-state index is 0.261. The average molecular weight is 375 g/mol. The lowest BCUT2D eigenvalue weighted by atomic mass is 10.1. The Labute approximate surface area is 153 Å². The first-order valence-electron chi connectivity index (χ1n) is 7.96. The lowest BCUT2D eigenvalue weighted by molar-refractivity contribution is -0.137. The molecule has 1 N–H and O–H groups in total. The van der Waals surface area contributed by atoms with Crippen LogP contribution in [0.25, 0.3) is 10.8 Å². The minimum atomic E-state index is -4.39. The van der Waals surface area contributed by atoms with Crippen LogP contribution in [0.1, 0.15) is 12.5 Å². The van der Waals surface area contributed by atoms with Gasteiger partial charge in [0.05, 0.1) is 10.8 Å². The number of amides is 1. The summed E-state index contributed by atoms with van der Waals surface area (Å²) in [5.41, 5.74) is -0.400. The molecule has 3 aromatic carbocycles. The van der Waals surface area contributed by atoms with E-state index in [1.807, 2.05) is 42.5 Å². The Morgan fingerprint density at radius 2 is 1.62 bits per heavy atom. The summed E-state index contributed by atoms with van der Waals surface area (Å²) in [5.74, 6) is -0.261. The lowest BCUT2D eigenvalue weighted by Crippen LogP contribution is -2.22. The molecule has 3 aromatic rings. The largest absolute Gasteiger partial charge is 0.416 e. The maximum Gasteiger partial charge on any atom is 0.416 e. The zero-order valence-electron chi connectivity index (χ0n) is 13.9. The van der Waals surface area contributed by atoms with Crippen LogP contribution in [0.4, 0.5) is 18.9 Å². The number of carbonyl (C=O) groups excluding carboxylic acids is 1. The molecule has 0 saturated heterocycles. The number of rotatable bonds is 4. The van der Waals surface area contributed by atoms with E-state index < -0.39 is 17.0 Å². The van der Waals surface area contributed by atoms with Crippen LogP contribution in [0, 0.1) is 0 Å². The van der Waals surface area contributed by atoms with Crippen molar-refractivity contribution >= 4 is 34.1 Å². The van der Waals surface area contributed by atoms with E-state index in [4.69, 9.17) is 0 Å². The summed E-state index contributed by atoms with van der Waals surface area (Å²) in [5, 5.41) is 4.47. The number of carbonyl (C=O) groups is 1. The number of hydrogen-bond acceptors (Lipinski definition) is 2. The summed E-state index contributed by atoms with van der Waals surface area (Å²) in [6, 6.07) is 18.3. The molecule has 0 fully saturated rings. The zero-order valence-corrected chi connectivity index (χ0v) is 14.7. The van der Waals surface area contributed by atoms with Gasteiger partial charge in [-0.2, -0.15) is 13.2 Å². The molecular weight excluding hydrogens is 359 g/mol. The van der Waals surface area contributed by atoms with Gasteiger partial charge in [0, 0.05) is 10.6 Å². The van der Waals surface area contributed by atoms with Gasteiger partial charge in [-0.3, -0.25) is 4.79 Å². The zero-order chi connectivity index (χ0) is 18.7. The molecule has 0 aliphatic carbocycles. The molecule has 0 saturated carbocycles. The van der Waals surface area contributed by atoms with Gasteiger partial charge in [-0.1, -0.05) is 30.3 Å². The number of halogens is 3. The quantitative estimate of drug-likeness (QED) is 0.569. The predicted octanol–water partition coefficient (Wildman–Crippen LogP) is 5.98. The van der Waals surface area contributed by atoms with Crippen molar-refractivity contribution < 1.29 is 18.0 Å². The van der Waals surface area contributed by atoms with Crippen molar-refractivity contribution in [2.45, 2.75) is 23.2 Å². The number of fused-ring (bicyclic) bond motifs is 1. The number of benzene rings is 3. The van der Waals surface area contributed by atoms with E-state index in [2.05, 4.69) is 5.32 Å². The lowest BCUT2D eigenvalue weighted by Gasteiger charge is -2.13. The molecule has 3 rings (SSSR count). The normalized spacial score (nSPS) is 12.8. The molecule has 0 aromatic heterocycles. The van der Waals surface area contributed by atoms with Crippen LogP contribution in [0.15, 0.2) is 71.6 Å². The highest BCUT2D eigenvalue weighted by Gasteiger charge is 2.30. The number of anilines is 1. The average Bonchev–Trinajstić information content (AvgIpc) is 2.61. The molecule has 0 unspecified atom stereocenters. The Hall–Kier alpha value is -2.47. The minimum Gasteiger partial charge on any atom is -0.325 e. The van der Waals surface area contributed by atoms with Crippen molar-refractivity contribution in [2.75, 3.05) is 5.32 Å².